The summed E-state index contributed by atoms with van der Waals surface area (Å²) in [6.45, 7) is 4.71. The van der Waals surface area contributed by atoms with Crippen molar-refractivity contribution in [3.8, 4) is 5.75 Å². The molecule has 9 heteroatoms. The molecular weight excluding hydrogens is 466 g/mol. The zero-order valence-corrected chi connectivity index (χ0v) is 19.3. The van der Waals surface area contributed by atoms with Crippen LogP contribution in [0.4, 0.5) is 5.69 Å². The summed E-state index contributed by atoms with van der Waals surface area (Å²) in [5, 5.41) is 2.78. The van der Waals surface area contributed by atoms with E-state index in [1.54, 1.807) is 25.3 Å². The highest BCUT2D eigenvalue weighted by atomic mass is 79.9. The van der Waals surface area contributed by atoms with Gasteiger partial charge < -0.3 is 14.8 Å². The Hall–Kier alpha value is -2.91. The monoisotopic (exact) mass is 491 g/mol. The number of halogens is 1. The lowest BCUT2D eigenvalue weighted by molar-refractivity contribution is -0.124. The van der Waals surface area contributed by atoms with Crippen LogP contribution in [-0.2, 0) is 14.3 Å². The first-order valence-electron chi connectivity index (χ1n) is 9.67. The summed E-state index contributed by atoms with van der Waals surface area (Å²) in [6.07, 6.45) is -0.0684. The van der Waals surface area contributed by atoms with Gasteiger partial charge in [0.25, 0.3) is 5.91 Å². The molecule has 0 spiro atoms. The number of methoxy groups -OCH3 is 1. The molecule has 2 rings (SSSR count). The van der Waals surface area contributed by atoms with E-state index in [4.69, 9.17) is 9.47 Å². The normalized spacial score (nSPS) is 10.3. The third-order valence-electron chi connectivity index (χ3n) is 4.29. The van der Waals surface area contributed by atoms with Gasteiger partial charge in [-0.1, -0.05) is 17.7 Å². The number of benzene rings is 2. The summed E-state index contributed by atoms with van der Waals surface area (Å²) in [5.74, 6) is -0.659. The fourth-order valence-electron chi connectivity index (χ4n) is 2.65. The maximum atomic E-state index is 12.2. The summed E-state index contributed by atoms with van der Waals surface area (Å²) in [5.41, 5.74) is 7.75. The lowest BCUT2D eigenvalue weighted by Crippen LogP contribution is -2.41. The minimum atomic E-state index is -0.489. The summed E-state index contributed by atoms with van der Waals surface area (Å²) >= 11 is 3.35. The van der Waals surface area contributed by atoms with Crippen LogP contribution in [0.1, 0.15) is 34.3 Å². The van der Waals surface area contributed by atoms with E-state index in [1.807, 2.05) is 32.0 Å². The lowest BCUT2D eigenvalue weighted by Gasteiger charge is -2.11. The van der Waals surface area contributed by atoms with Crippen LogP contribution in [0, 0.1) is 13.8 Å². The molecule has 0 saturated carbocycles. The van der Waals surface area contributed by atoms with E-state index in [0.717, 1.165) is 11.1 Å². The van der Waals surface area contributed by atoms with E-state index in [0.29, 0.717) is 34.7 Å². The Bertz CT molecular complexity index is 949. The third kappa shape index (κ3) is 8.03. The first-order chi connectivity index (χ1) is 14.8. The highest BCUT2D eigenvalue weighted by molar-refractivity contribution is 9.10. The van der Waals surface area contributed by atoms with E-state index < -0.39 is 11.8 Å². The number of amides is 3. The van der Waals surface area contributed by atoms with Crippen LogP contribution >= 0.6 is 15.9 Å². The molecule has 3 N–H and O–H groups in total. The van der Waals surface area contributed by atoms with Gasteiger partial charge in [0.2, 0.25) is 11.8 Å². The highest BCUT2D eigenvalue weighted by Crippen LogP contribution is 2.26. The number of ether oxygens (including phenoxy) is 2. The molecule has 0 radical (unpaired) electrons. The molecular formula is C22H26BrN3O5. The van der Waals surface area contributed by atoms with Crippen LogP contribution in [0.5, 0.6) is 5.75 Å². The predicted octanol–water partition coefficient (Wildman–Crippen LogP) is 3.27. The molecule has 0 aliphatic rings. The van der Waals surface area contributed by atoms with Crippen molar-refractivity contribution in [1.29, 1.82) is 0 Å². The largest absolute Gasteiger partial charge is 0.490 e. The van der Waals surface area contributed by atoms with E-state index in [-0.39, 0.29) is 18.7 Å². The molecule has 0 unspecified atom stereocenters. The van der Waals surface area contributed by atoms with Crippen LogP contribution in [0.2, 0.25) is 0 Å². The molecule has 0 aromatic heterocycles. The molecule has 2 aromatic rings. The number of hydrazine groups is 1. The standard InChI is InChI=1S/C22H26BrN3O5/c1-14-4-6-18(15(2)12-14)24-20(27)8-9-21(28)25-26-22(29)16-5-7-19(17(23)13-16)31-11-10-30-3/h4-7,12-13H,8-11H2,1-3H3,(H,24,27)(H,25,28)(H,26,29). The van der Waals surface area contributed by atoms with Gasteiger partial charge in [-0.2, -0.15) is 0 Å². The number of carbonyl (C=O) groups is 3. The number of nitrogens with one attached hydrogen (secondary N) is 3. The number of anilines is 1. The minimum absolute atomic E-state index is 0.00587. The maximum absolute atomic E-state index is 12.2. The molecule has 0 atom stereocenters. The van der Waals surface area contributed by atoms with Crippen LogP contribution < -0.4 is 20.9 Å². The van der Waals surface area contributed by atoms with Gasteiger partial charge in [-0.3, -0.25) is 25.2 Å². The van der Waals surface area contributed by atoms with E-state index in [1.165, 1.54) is 0 Å². The Balaban J connectivity index is 1.77. The average Bonchev–Trinajstić information content (AvgIpc) is 2.73. The molecule has 0 aliphatic carbocycles. The smallest absolute Gasteiger partial charge is 0.269 e. The van der Waals surface area contributed by atoms with Crippen molar-refractivity contribution in [3.63, 3.8) is 0 Å². The fourth-order valence-corrected chi connectivity index (χ4v) is 3.14. The van der Waals surface area contributed by atoms with Crippen molar-refractivity contribution in [2.75, 3.05) is 25.6 Å². The Labute approximate surface area is 189 Å². The van der Waals surface area contributed by atoms with Gasteiger partial charge in [-0.15, -0.1) is 0 Å². The van der Waals surface area contributed by atoms with Crippen LogP contribution in [0.15, 0.2) is 40.9 Å². The van der Waals surface area contributed by atoms with Gasteiger partial charge in [0.1, 0.15) is 12.4 Å². The second-order valence-corrected chi connectivity index (χ2v) is 7.71. The van der Waals surface area contributed by atoms with E-state index >= 15 is 0 Å². The predicted molar refractivity (Wildman–Crippen MR) is 121 cm³/mol. The molecule has 0 aliphatic heterocycles. The molecule has 0 heterocycles. The number of aryl methyl sites for hydroxylation is 2. The highest BCUT2D eigenvalue weighted by Gasteiger charge is 2.12. The third-order valence-corrected chi connectivity index (χ3v) is 4.91. The molecule has 0 fully saturated rings. The van der Waals surface area contributed by atoms with Crippen LogP contribution in [0.25, 0.3) is 0 Å². The average molecular weight is 492 g/mol. The Morgan fingerprint density at radius 3 is 2.35 bits per heavy atom. The van der Waals surface area contributed by atoms with Gasteiger partial charge in [-0.05, 0) is 59.6 Å². The molecule has 2 aromatic carbocycles. The van der Waals surface area contributed by atoms with E-state index in [9.17, 15) is 14.4 Å². The summed E-state index contributed by atoms with van der Waals surface area (Å²) < 4.78 is 11.0. The fraction of sp³-hybridized carbons (Fsp3) is 0.318. The van der Waals surface area contributed by atoms with Crippen molar-refractivity contribution >= 4 is 39.3 Å². The van der Waals surface area contributed by atoms with Crippen LogP contribution in [-0.4, -0.2) is 38.0 Å². The van der Waals surface area contributed by atoms with Gasteiger partial charge in [-0.25, -0.2) is 0 Å². The number of hydrogen-bond donors (Lipinski definition) is 3. The number of rotatable bonds is 9. The topological polar surface area (TPSA) is 106 Å². The number of carbonyl (C=O) groups excluding carboxylic acids is 3. The zero-order valence-electron chi connectivity index (χ0n) is 17.7. The van der Waals surface area contributed by atoms with Gasteiger partial charge in [0.05, 0.1) is 11.1 Å². The van der Waals surface area contributed by atoms with Gasteiger partial charge >= 0.3 is 0 Å². The lowest BCUT2D eigenvalue weighted by atomic mass is 10.1. The van der Waals surface area contributed by atoms with Crippen LogP contribution in [0.3, 0.4) is 0 Å². The SMILES string of the molecule is COCCOc1ccc(C(=O)NNC(=O)CCC(=O)Nc2ccc(C)cc2C)cc1Br. The molecule has 166 valence electrons. The number of hydrogen-bond acceptors (Lipinski definition) is 5. The summed E-state index contributed by atoms with van der Waals surface area (Å²) in [4.78, 5) is 36.3. The molecule has 0 bridgehead atoms. The van der Waals surface area contributed by atoms with Crippen molar-refractivity contribution in [3.05, 3.63) is 57.6 Å². The summed E-state index contributed by atoms with van der Waals surface area (Å²) in [6, 6.07) is 10.5. The van der Waals surface area contributed by atoms with Crippen molar-refractivity contribution in [2.45, 2.75) is 26.7 Å². The molecule has 31 heavy (non-hydrogen) atoms. The molecule has 3 amide bonds. The Morgan fingerprint density at radius 1 is 0.935 bits per heavy atom. The van der Waals surface area contributed by atoms with E-state index in [2.05, 4.69) is 32.1 Å². The second kappa shape index (κ2) is 12.1. The zero-order chi connectivity index (χ0) is 22.8. The molecule has 0 saturated heterocycles. The van der Waals surface area contributed by atoms with Crippen molar-refractivity contribution < 1.29 is 23.9 Å². The molecule has 8 nitrogen and oxygen atoms in total. The quantitative estimate of drug-likeness (QED) is 0.368. The first-order valence-corrected chi connectivity index (χ1v) is 10.5. The van der Waals surface area contributed by atoms with Gasteiger partial charge in [0, 0.05) is 31.2 Å². The Kier molecular flexibility index (Phi) is 9.48. The first kappa shape index (κ1) is 24.4. The van der Waals surface area contributed by atoms with Gasteiger partial charge in [0.15, 0.2) is 0 Å². The Morgan fingerprint density at radius 2 is 1.68 bits per heavy atom. The minimum Gasteiger partial charge on any atom is -0.490 e. The maximum Gasteiger partial charge on any atom is 0.269 e. The van der Waals surface area contributed by atoms with Crippen molar-refractivity contribution in [1.82, 2.24) is 10.9 Å². The summed E-state index contributed by atoms with van der Waals surface area (Å²) in [7, 11) is 1.58. The van der Waals surface area contributed by atoms with Crippen molar-refractivity contribution in [2.24, 2.45) is 0 Å². The second-order valence-electron chi connectivity index (χ2n) is 6.86.